The number of aryl methyl sites for hydroxylation is 2. The molecule has 0 aromatic heterocycles. The smallest absolute Gasteiger partial charge is 0.0487 e. The van der Waals surface area contributed by atoms with Crippen LogP contribution in [0.5, 0.6) is 0 Å². The van der Waals surface area contributed by atoms with E-state index in [4.69, 9.17) is 0 Å². The highest BCUT2D eigenvalue weighted by molar-refractivity contribution is 5.35. The lowest BCUT2D eigenvalue weighted by Crippen LogP contribution is -2.24. The van der Waals surface area contributed by atoms with Gasteiger partial charge >= 0.3 is 0 Å². The molecule has 0 fully saturated rings. The molecular formula is C16H24O. The molecule has 1 N–H and O–H groups in total. The highest BCUT2D eigenvalue weighted by atomic mass is 16.3. The van der Waals surface area contributed by atoms with Crippen LogP contribution in [-0.2, 0) is 19.3 Å². The largest absolute Gasteiger partial charge is 0.396 e. The topological polar surface area (TPSA) is 20.2 Å². The van der Waals surface area contributed by atoms with Gasteiger partial charge in [0.05, 0.1) is 0 Å². The fraction of sp³-hybridized carbons (Fsp3) is 0.625. The summed E-state index contributed by atoms with van der Waals surface area (Å²) in [6, 6.07) is 6.92. The van der Waals surface area contributed by atoms with Gasteiger partial charge in [0, 0.05) is 6.61 Å². The van der Waals surface area contributed by atoms with Crippen molar-refractivity contribution in [3.63, 3.8) is 0 Å². The molecule has 0 radical (unpaired) electrons. The molecule has 1 heteroatoms. The van der Waals surface area contributed by atoms with Crippen molar-refractivity contribution in [2.24, 2.45) is 5.41 Å². The van der Waals surface area contributed by atoms with Gasteiger partial charge in [0.25, 0.3) is 0 Å². The lowest BCUT2D eigenvalue weighted by molar-refractivity contribution is 0.131. The Morgan fingerprint density at radius 1 is 1.24 bits per heavy atom. The number of benzene rings is 1. The standard InChI is InChI=1S/C16H24O/c1-3-9-16(2,12-17)11-13-7-8-14-5-4-6-15(14)10-13/h7-8,10,17H,3-6,9,11-12H2,1-2H3. The van der Waals surface area contributed by atoms with Crippen LogP contribution in [0.25, 0.3) is 0 Å². The molecule has 0 bridgehead atoms. The molecular weight excluding hydrogens is 208 g/mol. The van der Waals surface area contributed by atoms with Crippen molar-refractivity contribution >= 4 is 0 Å². The van der Waals surface area contributed by atoms with Crippen molar-refractivity contribution in [2.75, 3.05) is 6.61 Å². The average molecular weight is 232 g/mol. The predicted octanol–water partition coefficient (Wildman–Crippen LogP) is 3.52. The summed E-state index contributed by atoms with van der Waals surface area (Å²) in [4.78, 5) is 0. The van der Waals surface area contributed by atoms with E-state index in [9.17, 15) is 5.11 Å². The minimum Gasteiger partial charge on any atom is -0.396 e. The molecule has 0 saturated carbocycles. The van der Waals surface area contributed by atoms with E-state index in [1.807, 2.05) is 0 Å². The first-order valence-corrected chi connectivity index (χ1v) is 6.88. The molecule has 1 nitrogen and oxygen atoms in total. The molecule has 0 spiro atoms. The van der Waals surface area contributed by atoms with Crippen LogP contribution in [0.15, 0.2) is 18.2 Å². The maximum atomic E-state index is 9.57. The Kier molecular flexibility index (Phi) is 3.88. The van der Waals surface area contributed by atoms with Gasteiger partial charge in [-0.15, -0.1) is 0 Å². The molecule has 1 aromatic carbocycles. The van der Waals surface area contributed by atoms with Gasteiger partial charge in [-0.3, -0.25) is 0 Å². The van der Waals surface area contributed by atoms with E-state index in [0.29, 0.717) is 0 Å². The van der Waals surface area contributed by atoms with Crippen LogP contribution in [0.1, 0.15) is 49.8 Å². The van der Waals surface area contributed by atoms with Crippen LogP contribution >= 0.6 is 0 Å². The molecule has 1 aliphatic carbocycles. The molecule has 0 aliphatic heterocycles. The molecule has 2 rings (SSSR count). The maximum Gasteiger partial charge on any atom is 0.0487 e. The average Bonchev–Trinajstić information content (AvgIpc) is 2.76. The summed E-state index contributed by atoms with van der Waals surface area (Å²) in [5.74, 6) is 0. The lowest BCUT2D eigenvalue weighted by atomic mass is 9.80. The molecule has 17 heavy (non-hydrogen) atoms. The van der Waals surface area contributed by atoms with Crippen LogP contribution < -0.4 is 0 Å². The van der Waals surface area contributed by atoms with Gasteiger partial charge in [0.1, 0.15) is 0 Å². The van der Waals surface area contributed by atoms with Gasteiger partial charge in [-0.05, 0) is 54.2 Å². The summed E-state index contributed by atoms with van der Waals surface area (Å²) in [6.07, 6.45) is 7.05. The van der Waals surface area contributed by atoms with Crippen LogP contribution in [0.2, 0.25) is 0 Å². The van der Waals surface area contributed by atoms with E-state index in [-0.39, 0.29) is 12.0 Å². The second-order valence-electron chi connectivity index (χ2n) is 5.85. The SMILES string of the molecule is CCCC(C)(CO)Cc1ccc2c(c1)CCC2. The fourth-order valence-corrected chi connectivity index (χ4v) is 3.05. The van der Waals surface area contributed by atoms with Gasteiger partial charge in [-0.1, -0.05) is 38.5 Å². The Morgan fingerprint density at radius 2 is 2.00 bits per heavy atom. The first-order valence-electron chi connectivity index (χ1n) is 6.88. The quantitative estimate of drug-likeness (QED) is 0.823. The van der Waals surface area contributed by atoms with E-state index in [2.05, 4.69) is 32.0 Å². The Hall–Kier alpha value is -0.820. The normalized spacial score (nSPS) is 17.8. The highest BCUT2D eigenvalue weighted by Gasteiger charge is 2.23. The summed E-state index contributed by atoms with van der Waals surface area (Å²) >= 11 is 0. The molecule has 0 amide bonds. The zero-order valence-electron chi connectivity index (χ0n) is 11.1. The predicted molar refractivity (Wildman–Crippen MR) is 72.3 cm³/mol. The zero-order chi connectivity index (χ0) is 12.3. The second-order valence-corrected chi connectivity index (χ2v) is 5.85. The molecule has 1 aromatic rings. The fourth-order valence-electron chi connectivity index (χ4n) is 3.05. The summed E-state index contributed by atoms with van der Waals surface area (Å²) in [5.41, 5.74) is 4.53. The third-order valence-corrected chi connectivity index (χ3v) is 4.03. The Balaban J connectivity index is 2.12. The summed E-state index contributed by atoms with van der Waals surface area (Å²) < 4.78 is 0. The molecule has 1 atom stereocenters. The maximum absolute atomic E-state index is 9.57. The van der Waals surface area contributed by atoms with Gasteiger partial charge in [0.15, 0.2) is 0 Å². The van der Waals surface area contributed by atoms with Gasteiger partial charge in [0.2, 0.25) is 0 Å². The lowest BCUT2D eigenvalue weighted by Gasteiger charge is -2.27. The number of fused-ring (bicyclic) bond motifs is 1. The Labute approximate surface area is 105 Å². The first kappa shape index (κ1) is 12.6. The van der Waals surface area contributed by atoms with Crippen LogP contribution in [0, 0.1) is 5.41 Å². The number of hydrogen-bond acceptors (Lipinski definition) is 1. The number of aliphatic hydroxyl groups excluding tert-OH is 1. The second kappa shape index (κ2) is 5.22. The minimum atomic E-state index is 0.0571. The summed E-state index contributed by atoms with van der Waals surface area (Å²) in [6.45, 7) is 4.68. The van der Waals surface area contributed by atoms with Crippen molar-refractivity contribution in [1.29, 1.82) is 0 Å². The van der Waals surface area contributed by atoms with Gasteiger partial charge in [-0.25, -0.2) is 0 Å². The third-order valence-electron chi connectivity index (χ3n) is 4.03. The van der Waals surface area contributed by atoms with Crippen LogP contribution in [0.4, 0.5) is 0 Å². The van der Waals surface area contributed by atoms with E-state index in [1.54, 1.807) is 5.56 Å². The van der Waals surface area contributed by atoms with E-state index >= 15 is 0 Å². The van der Waals surface area contributed by atoms with Crippen molar-refractivity contribution in [2.45, 2.75) is 52.4 Å². The molecule has 0 saturated heterocycles. The number of aliphatic hydroxyl groups is 1. The van der Waals surface area contributed by atoms with E-state index in [0.717, 1.165) is 19.3 Å². The van der Waals surface area contributed by atoms with Crippen LogP contribution in [0.3, 0.4) is 0 Å². The molecule has 1 unspecified atom stereocenters. The monoisotopic (exact) mass is 232 g/mol. The van der Waals surface area contributed by atoms with E-state index < -0.39 is 0 Å². The van der Waals surface area contributed by atoms with Crippen molar-refractivity contribution < 1.29 is 5.11 Å². The molecule has 1 aliphatic rings. The third kappa shape index (κ3) is 2.90. The Bertz CT molecular complexity index is 383. The molecule has 94 valence electrons. The molecule has 0 heterocycles. The van der Waals surface area contributed by atoms with Gasteiger partial charge in [-0.2, -0.15) is 0 Å². The van der Waals surface area contributed by atoms with Gasteiger partial charge < -0.3 is 5.11 Å². The summed E-state index contributed by atoms with van der Waals surface area (Å²) in [5, 5.41) is 9.57. The zero-order valence-corrected chi connectivity index (χ0v) is 11.1. The van der Waals surface area contributed by atoms with Crippen molar-refractivity contribution in [3.8, 4) is 0 Å². The summed E-state index contributed by atoms with van der Waals surface area (Å²) in [7, 11) is 0. The number of rotatable bonds is 5. The van der Waals surface area contributed by atoms with Crippen LogP contribution in [-0.4, -0.2) is 11.7 Å². The number of hydrogen-bond donors (Lipinski definition) is 1. The minimum absolute atomic E-state index is 0.0571. The van der Waals surface area contributed by atoms with E-state index in [1.165, 1.54) is 30.4 Å². The highest BCUT2D eigenvalue weighted by Crippen LogP contribution is 2.30. The van der Waals surface area contributed by atoms with Crippen molar-refractivity contribution in [1.82, 2.24) is 0 Å². The first-order chi connectivity index (χ1) is 8.17. The Morgan fingerprint density at radius 3 is 2.71 bits per heavy atom. The van der Waals surface area contributed by atoms with Crippen molar-refractivity contribution in [3.05, 3.63) is 34.9 Å².